The molecule has 1 atom stereocenters. The van der Waals surface area contributed by atoms with Crippen LogP contribution >= 0.6 is 0 Å². The summed E-state index contributed by atoms with van der Waals surface area (Å²) in [5.74, 6) is 0. The minimum atomic E-state index is 0.291. The van der Waals surface area contributed by atoms with Gasteiger partial charge in [0.2, 0.25) is 0 Å². The van der Waals surface area contributed by atoms with Crippen LogP contribution in [0.25, 0.3) is 6.08 Å². The van der Waals surface area contributed by atoms with Crippen LogP contribution in [0.15, 0.2) is 18.7 Å². The molecule has 1 heterocycles. The van der Waals surface area contributed by atoms with E-state index in [-0.39, 0.29) is 0 Å². The van der Waals surface area contributed by atoms with Gasteiger partial charge in [0.15, 0.2) is 0 Å². The van der Waals surface area contributed by atoms with Gasteiger partial charge in [-0.3, -0.25) is 4.68 Å². The molecule has 24 heavy (non-hydrogen) atoms. The number of allylic oxidation sites excluding steroid dienone is 2. The third kappa shape index (κ3) is 5.32. The Balaban J connectivity index is 2.22. The monoisotopic (exact) mass is 331 g/mol. The zero-order valence-electron chi connectivity index (χ0n) is 15.6. The van der Waals surface area contributed by atoms with Crippen molar-refractivity contribution < 1.29 is 4.74 Å². The second kappa shape index (κ2) is 9.80. The van der Waals surface area contributed by atoms with Crippen LogP contribution in [0.5, 0.6) is 0 Å². The molecule has 1 N–H and O–H groups in total. The lowest BCUT2D eigenvalue weighted by atomic mass is 10.0. The van der Waals surface area contributed by atoms with Crippen molar-refractivity contribution in [2.45, 2.75) is 71.5 Å². The molecule has 0 saturated heterocycles. The molecule has 2 rings (SSSR count). The van der Waals surface area contributed by atoms with Gasteiger partial charge in [0.1, 0.15) is 0 Å². The van der Waals surface area contributed by atoms with Gasteiger partial charge >= 0.3 is 0 Å². The van der Waals surface area contributed by atoms with Crippen molar-refractivity contribution in [3.8, 4) is 0 Å². The number of hydrogen-bond acceptors (Lipinski definition) is 3. The average molecular weight is 332 g/mol. The Hall–Kier alpha value is -1.39. The van der Waals surface area contributed by atoms with Crippen molar-refractivity contribution in [1.82, 2.24) is 15.1 Å². The first-order valence-electron chi connectivity index (χ1n) is 9.38. The Bertz CT molecular complexity index is 543. The molecule has 1 aromatic rings. The van der Waals surface area contributed by atoms with E-state index in [0.717, 1.165) is 39.0 Å². The fourth-order valence-electron chi connectivity index (χ4n) is 3.03. The molecule has 0 spiro atoms. The van der Waals surface area contributed by atoms with Gasteiger partial charge in [-0.05, 0) is 52.9 Å². The summed E-state index contributed by atoms with van der Waals surface area (Å²) < 4.78 is 7.68. The lowest BCUT2D eigenvalue weighted by molar-refractivity contribution is 0.140. The van der Waals surface area contributed by atoms with Gasteiger partial charge in [-0.15, -0.1) is 6.58 Å². The van der Waals surface area contributed by atoms with Crippen LogP contribution in [-0.2, 0) is 17.7 Å². The predicted octanol–water partition coefficient (Wildman–Crippen LogP) is 4.27. The van der Waals surface area contributed by atoms with Crippen molar-refractivity contribution >= 4 is 6.08 Å². The summed E-state index contributed by atoms with van der Waals surface area (Å²) >= 11 is 0. The Morgan fingerprint density at radius 3 is 2.88 bits per heavy atom. The van der Waals surface area contributed by atoms with Gasteiger partial charge < -0.3 is 10.1 Å². The number of ether oxygens (including phenoxy) is 1. The highest BCUT2D eigenvalue weighted by molar-refractivity contribution is 5.55. The molecule has 0 amide bonds. The molecule has 4 nitrogen and oxygen atoms in total. The predicted molar refractivity (Wildman–Crippen MR) is 101 cm³/mol. The number of aromatic nitrogens is 2. The third-order valence-electron chi connectivity index (χ3n) is 4.38. The molecular formula is C20H33N3O. The van der Waals surface area contributed by atoms with E-state index in [1.54, 1.807) is 0 Å². The largest absolute Gasteiger partial charge is 0.382 e. The van der Waals surface area contributed by atoms with E-state index in [2.05, 4.69) is 42.6 Å². The maximum Gasteiger partial charge on any atom is 0.0866 e. The molecular weight excluding hydrogens is 298 g/mol. The topological polar surface area (TPSA) is 39.1 Å². The Morgan fingerprint density at radius 2 is 2.25 bits per heavy atom. The first kappa shape index (κ1) is 18.9. The van der Waals surface area contributed by atoms with E-state index in [4.69, 9.17) is 9.84 Å². The molecule has 1 fully saturated rings. The van der Waals surface area contributed by atoms with Crippen molar-refractivity contribution in [3.63, 3.8) is 0 Å². The van der Waals surface area contributed by atoms with E-state index in [0.29, 0.717) is 12.1 Å². The third-order valence-corrected chi connectivity index (χ3v) is 4.38. The Morgan fingerprint density at radius 1 is 1.46 bits per heavy atom. The summed E-state index contributed by atoms with van der Waals surface area (Å²) in [6.07, 6.45) is 11.9. The number of hydrogen-bond donors (Lipinski definition) is 1. The number of nitrogens with zero attached hydrogens (tertiary/aromatic N) is 2. The van der Waals surface area contributed by atoms with Crippen LogP contribution in [-0.4, -0.2) is 29.0 Å². The summed E-state index contributed by atoms with van der Waals surface area (Å²) in [6, 6.07) is 0.970. The van der Waals surface area contributed by atoms with Gasteiger partial charge in [0.05, 0.1) is 5.69 Å². The van der Waals surface area contributed by atoms with Crippen LogP contribution in [0.3, 0.4) is 0 Å². The number of aryl methyl sites for hydroxylation is 1. The summed E-state index contributed by atoms with van der Waals surface area (Å²) in [5.41, 5.74) is 3.79. The van der Waals surface area contributed by atoms with E-state index in [1.807, 2.05) is 13.0 Å². The van der Waals surface area contributed by atoms with Gasteiger partial charge in [-0.2, -0.15) is 5.10 Å². The maximum absolute atomic E-state index is 5.49. The van der Waals surface area contributed by atoms with E-state index < -0.39 is 0 Å². The van der Waals surface area contributed by atoms with Crippen molar-refractivity contribution in [2.24, 2.45) is 0 Å². The maximum atomic E-state index is 5.49. The SMILES string of the molecule is C=CCCc1c(/C=C\C)c(C(C)NC2CC2)nn1CCCOCC. The van der Waals surface area contributed by atoms with Crippen molar-refractivity contribution in [3.05, 3.63) is 35.7 Å². The van der Waals surface area contributed by atoms with E-state index >= 15 is 0 Å². The molecule has 4 heteroatoms. The fraction of sp³-hybridized carbons (Fsp3) is 0.650. The zero-order valence-corrected chi connectivity index (χ0v) is 15.6. The Kier molecular flexibility index (Phi) is 7.73. The van der Waals surface area contributed by atoms with Crippen molar-refractivity contribution in [2.75, 3.05) is 13.2 Å². The fourth-order valence-corrected chi connectivity index (χ4v) is 3.03. The lowest BCUT2D eigenvalue weighted by Gasteiger charge is -2.11. The standard InChI is InChI=1S/C20H33N3O/c1-5-8-11-19-18(10-6-2)20(16(4)21-17-12-13-17)22-23(19)14-9-15-24-7-3/h5-6,10,16-17,21H,1,7-9,11-15H2,2-4H3/b10-6-. The molecule has 1 saturated carbocycles. The van der Waals surface area contributed by atoms with Crippen molar-refractivity contribution in [1.29, 1.82) is 0 Å². The quantitative estimate of drug-likeness (QED) is 0.459. The first-order valence-corrected chi connectivity index (χ1v) is 9.38. The van der Waals surface area contributed by atoms with E-state index in [1.165, 1.54) is 29.8 Å². The van der Waals surface area contributed by atoms with Gasteiger partial charge in [-0.25, -0.2) is 0 Å². The van der Waals surface area contributed by atoms with Crippen LogP contribution in [0.2, 0.25) is 0 Å². The molecule has 0 bridgehead atoms. The molecule has 1 aliphatic rings. The highest BCUT2D eigenvalue weighted by atomic mass is 16.5. The second-order valence-electron chi connectivity index (χ2n) is 6.51. The summed E-state index contributed by atoms with van der Waals surface area (Å²) in [4.78, 5) is 0. The molecule has 134 valence electrons. The van der Waals surface area contributed by atoms with Gasteiger partial charge in [-0.1, -0.05) is 18.2 Å². The minimum Gasteiger partial charge on any atom is -0.382 e. The van der Waals surface area contributed by atoms with Crippen LogP contribution in [0, 0.1) is 0 Å². The van der Waals surface area contributed by atoms with E-state index in [9.17, 15) is 0 Å². The second-order valence-corrected chi connectivity index (χ2v) is 6.51. The van der Waals surface area contributed by atoms with Gasteiger partial charge in [0.25, 0.3) is 0 Å². The summed E-state index contributed by atoms with van der Waals surface area (Å²) in [7, 11) is 0. The normalized spacial score (nSPS) is 16.0. The van der Waals surface area contributed by atoms with Crippen LogP contribution in [0.1, 0.15) is 69.4 Å². The molecule has 0 aliphatic heterocycles. The average Bonchev–Trinajstić information content (AvgIpc) is 3.32. The molecule has 1 aliphatic carbocycles. The molecule has 0 radical (unpaired) electrons. The molecule has 1 unspecified atom stereocenters. The smallest absolute Gasteiger partial charge is 0.0866 e. The summed E-state index contributed by atoms with van der Waals surface area (Å²) in [6.45, 7) is 12.7. The lowest BCUT2D eigenvalue weighted by Crippen LogP contribution is -2.22. The molecule has 0 aromatic carbocycles. The highest BCUT2D eigenvalue weighted by Gasteiger charge is 2.26. The summed E-state index contributed by atoms with van der Waals surface area (Å²) in [5, 5.41) is 8.66. The zero-order chi connectivity index (χ0) is 17.4. The van der Waals surface area contributed by atoms with Crippen LogP contribution < -0.4 is 5.32 Å². The minimum absolute atomic E-state index is 0.291. The number of rotatable bonds is 12. The highest BCUT2D eigenvalue weighted by Crippen LogP contribution is 2.28. The number of nitrogens with one attached hydrogen (secondary N) is 1. The Labute approximate surface area is 147 Å². The first-order chi connectivity index (χ1) is 11.7. The van der Waals surface area contributed by atoms with Gasteiger partial charge in [0, 0.05) is 43.1 Å². The van der Waals surface area contributed by atoms with Crippen LogP contribution in [0.4, 0.5) is 0 Å². The molecule has 1 aromatic heterocycles.